The van der Waals surface area contributed by atoms with Crippen molar-refractivity contribution in [3.63, 3.8) is 0 Å². The molecule has 0 aliphatic carbocycles. The summed E-state index contributed by atoms with van der Waals surface area (Å²) in [6.07, 6.45) is 1.89. The Balaban J connectivity index is 2.35. The van der Waals surface area contributed by atoms with Crippen LogP contribution in [-0.4, -0.2) is 77.6 Å². The Labute approximate surface area is 121 Å². The van der Waals surface area contributed by atoms with E-state index in [-0.39, 0.29) is 18.5 Å². The van der Waals surface area contributed by atoms with Crippen LogP contribution in [-0.2, 0) is 4.79 Å². The lowest BCUT2D eigenvalue weighted by Gasteiger charge is -2.37. The van der Waals surface area contributed by atoms with E-state index in [1.165, 1.54) is 0 Å². The Morgan fingerprint density at radius 3 is 2.05 bits per heavy atom. The Morgan fingerprint density at radius 2 is 1.55 bits per heavy atom. The molecule has 0 spiro atoms. The van der Waals surface area contributed by atoms with Crippen LogP contribution in [0, 0.1) is 0 Å². The van der Waals surface area contributed by atoms with Crippen molar-refractivity contribution < 1.29 is 14.7 Å². The Kier molecular flexibility index (Phi) is 7.36. The molecule has 6 heteroatoms. The lowest BCUT2D eigenvalue weighted by atomic mass is 10.2. The first-order valence-electron chi connectivity index (χ1n) is 7.56. The van der Waals surface area contributed by atoms with E-state index in [0.29, 0.717) is 39.0 Å². The van der Waals surface area contributed by atoms with Crippen LogP contribution < -0.4 is 0 Å². The second kappa shape index (κ2) is 8.79. The maximum absolute atomic E-state index is 12.2. The fourth-order valence-corrected chi connectivity index (χ4v) is 2.39. The van der Waals surface area contributed by atoms with E-state index in [0.717, 1.165) is 19.5 Å². The number of nitrogens with zero attached hydrogens (tertiary/aromatic N) is 3. The minimum absolute atomic E-state index is 0.0716. The Hall–Kier alpha value is -1.30. The first-order chi connectivity index (χ1) is 9.63. The monoisotopic (exact) mass is 285 g/mol. The molecule has 0 aromatic heterocycles. The standard InChI is InChI=1S/C14H27N3O3/c1-3-15(4-2)14(20)17-10-8-16(9-11-17)13(19)7-5-6-12-18/h18H,3-12H2,1-2H3. The predicted molar refractivity (Wildman–Crippen MR) is 77.4 cm³/mol. The third kappa shape index (κ3) is 4.67. The molecular weight excluding hydrogens is 258 g/mol. The number of unbranched alkanes of at least 4 members (excludes halogenated alkanes) is 1. The van der Waals surface area contributed by atoms with E-state index in [4.69, 9.17) is 5.11 Å². The number of hydrogen-bond acceptors (Lipinski definition) is 3. The minimum atomic E-state index is 0.0716. The minimum Gasteiger partial charge on any atom is -0.396 e. The molecule has 6 nitrogen and oxygen atoms in total. The van der Waals surface area contributed by atoms with Crippen molar-refractivity contribution in [1.29, 1.82) is 0 Å². The Bertz CT molecular complexity index is 311. The number of rotatable bonds is 6. The first-order valence-corrected chi connectivity index (χ1v) is 7.56. The van der Waals surface area contributed by atoms with Gasteiger partial charge in [-0.3, -0.25) is 4.79 Å². The normalized spacial score (nSPS) is 15.3. The summed E-state index contributed by atoms with van der Waals surface area (Å²) in [5.74, 6) is 0.133. The summed E-state index contributed by atoms with van der Waals surface area (Å²) in [7, 11) is 0. The second-order valence-electron chi connectivity index (χ2n) is 5.00. The predicted octanol–water partition coefficient (Wildman–Crippen LogP) is 0.755. The Morgan fingerprint density at radius 1 is 1.00 bits per heavy atom. The highest BCUT2D eigenvalue weighted by atomic mass is 16.3. The van der Waals surface area contributed by atoms with Crippen LogP contribution in [0.15, 0.2) is 0 Å². The molecule has 1 fully saturated rings. The molecule has 0 aromatic carbocycles. The van der Waals surface area contributed by atoms with Crippen molar-refractivity contribution in [2.24, 2.45) is 0 Å². The molecule has 1 rings (SSSR count). The number of piperazine rings is 1. The lowest BCUT2D eigenvalue weighted by molar-refractivity contribution is -0.132. The molecule has 116 valence electrons. The topological polar surface area (TPSA) is 64.1 Å². The summed E-state index contributed by atoms with van der Waals surface area (Å²) in [6.45, 7) is 7.98. The van der Waals surface area contributed by atoms with Crippen molar-refractivity contribution >= 4 is 11.9 Å². The SMILES string of the molecule is CCN(CC)C(=O)N1CCN(C(=O)CCCCO)CC1. The highest BCUT2D eigenvalue weighted by Gasteiger charge is 2.25. The van der Waals surface area contributed by atoms with Gasteiger partial charge in [0.05, 0.1) is 0 Å². The molecule has 0 atom stereocenters. The second-order valence-corrected chi connectivity index (χ2v) is 5.00. The van der Waals surface area contributed by atoms with Crippen LogP contribution in [0.2, 0.25) is 0 Å². The number of hydrogen-bond donors (Lipinski definition) is 1. The molecule has 0 aromatic rings. The van der Waals surface area contributed by atoms with E-state index < -0.39 is 0 Å². The maximum Gasteiger partial charge on any atom is 0.320 e. The van der Waals surface area contributed by atoms with Gasteiger partial charge in [-0.15, -0.1) is 0 Å². The van der Waals surface area contributed by atoms with E-state index in [1.807, 2.05) is 23.6 Å². The molecule has 0 saturated carbocycles. The van der Waals surface area contributed by atoms with E-state index in [2.05, 4.69) is 0 Å². The molecule has 1 N–H and O–H groups in total. The smallest absolute Gasteiger partial charge is 0.320 e. The lowest BCUT2D eigenvalue weighted by Crippen LogP contribution is -2.54. The number of aliphatic hydroxyl groups is 1. The third-order valence-corrected chi connectivity index (χ3v) is 3.74. The zero-order valence-electron chi connectivity index (χ0n) is 12.7. The van der Waals surface area contributed by atoms with Crippen molar-refractivity contribution in [2.45, 2.75) is 33.1 Å². The van der Waals surface area contributed by atoms with E-state index >= 15 is 0 Å². The number of aliphatic hydroxyl groups excluding tert-OH is 1. The average molecular weight is 285 g/mol. The van der Waals surface area contributed by atoms with Crippen molar-refractivity contribution in [1.82, 2.24) is 14.7 Å². The highest BCUT2D eigenvalue weighted by Crippen LogP contribution is 2.08. The molecule has 20 heavy (non-hydrogen) atoms. The van der Waals surface area contributed by atoms with Gasteiger partial charge in [-0.25, -0.2) is 4.79 Å². The zero-order chi connectivity index (χ0) is 15.0. The van der Waals surface area contributed by atoms with E-state index in [1.54, 1.807) is 4.90 Å². The van der Waals surface area contributed by atoms with Crippen LogP contribution in [0.4, 0.5) is 4.79 Å². The summed E-state index contributed by atoms with van der Waals surface area (Å²) in [5.41, 5.74) is 0. The molecule has 1 aliphatic heterocycles. The molecule has 1 aliphatic rings. The molecule has 1 heterocycles. The van der Waals surface area contributed by atoms with Gasteiger partial charge < -0.3 is 19.8 Å². The summed E-state index contributed by atoms with van der Waals surface area (Å²) in [5, 5.41) is 8.71. The number of amides is 3. The fourth-order valence-electron chi connectivity index (χ4n) is 2.39. The van der Waals surface area contributed by atoms with Crippen molar-refractivity contribution in [3.8, 4) is 0 Å². The maximum atomic E-state index is 12.2. The zero-order valence-corrected chi connectivity index (χ0v) is 12.7. The van der Waals surface area contributed by atoms with Gasteiger partial charge in [0.1, 0.15) is 0 Å². The van der Waals surface area contributed by atoms with Crippen LogP contribution in [0.3, 0.4) is 0 Å². The number of carbonyl (C=O) groups excluding carboxylic acids is 2. The fraction of sp³-hybridized carbons (Fsp3) is 0.857. The molecule has 0 radical (unpaired) electrons. The summed E-state index contributed by atoms with van der Waals surface area (Å²) < 4.78 is 0. The van der Waals surface area contributed by atoms with Crippen molar-refractivity contribution in [3.05, 3.63) is 0 Å². The number of urea groups is 1. The van der Waals surface area contributed by atoms with Gasteiger partial charge >= 0.3 is 6.03 Å². The molecular formula is C14H27N3O3. The first kappa shape index (κ1) is 16.8. The van der Waals surface area contributed by atoms with Gasteiger partial charge in [0.2, 0.25) is 5.91 Å². The molecule has 0 unspecified atom stereocenters. The molecule has 1 saturated heterocycles. The van der Waals surface area contributed by atoms with Crippen LogP contribution >= 0.6 is 0 Å². The third-order valence-electron chi connectivity index (χ3n) is 3.74. The highest BCUT2D eigenvalue weighted by molar-refractivity contribution is 5.77. The van der Waals surface area contributed by atoms with Crippen LogP contribution in [0.25, 0.3) is 0 Å². The summed E-state index contributed by atoms with van der Waals surface area (Å²) in [4.78, 5) is 29.5. The van der Waals surface area contributed by atoms with Gasteiger partial charge in [0.15, 0.2) is 0 Å². The number of carbonyl (C=O) groups is 2. The molecule has 0 bridgehead atoms. The molecule has 3 amide bonds. The van der Waals surface area contributed by atoms with E-state index in [9.17, 15) is 9.59 Å². The quantitative estimate of drug-likeness (QED) is 0.733. The van der Waals surface area contributed by atoms with Crippen LogP contribution in [0.5, 0.6) is 0 Å². The van der Waals surface area contributed by atoms with Gasteiger partial charge in [0.25, 0.3) is 0 Å². The average Bonchev–Trinajstić information content (AvgIpc) is 2.48. The summed E-state index contributed by atoms with van der Waals surface area (Å²) >= 11 is 0. The van der Waals surface area contributed by atoms with Crippen molar-refractivity contribution in [2.75, 3.05) is 45.9 Å². The van der Waals surface area contributed by atoms with Gasteiger partial charge in [0, 0.05) is 52.3 Å². The largest absolute Gasteiger partial charge is 0.396 e. The van der Waals surface area contributed by atoms with Gasteiger partial charge in [-0.1, -0.05) is 0 Å². The van der Waals surface area contributed by atoms with Gasteiger partial charge in [-0.2, -0.15) is 0 Å². The summed E-state index contributed by atoms with van der Waals surface area (Å²) in [6, 6.07) is 0.0716. The van der Waals surface area contributed by atoms with Crippen LogP contribution in [0.1, 0.15) is 33.1 Å². The van der Waals surface area contributed by atoms with Gasteiger partial charge in [-0.05, 0) is 26.7 Å².